The van der Waals surface area contributed by atoms with Gasteiger partial charge in [-0.15, -0.1) is 0 Å². The highest BCUT2D eigenvalue weighted by atomic mass is 32.2. The number of hydrogen-bond acceptors (Lipinski definition) is 5. The maximum Gasteiger partial charge on any atom is 0.274 e. The molecule has 0 radical (unpaired) electrons. The van der Waals surface area contributed by atoms with Crippen LogP contribution in [0.3, 0.4) is 0 Å². The van der Waals surface area contributed by atoms with Gasteiger partial charge in [-0.2, -0.15) is 0 Å². The number of aryl methyl sites for hydroxylation is 2. The number of aromatic nitrogens is 1. The van der Waals surface area contributed by atoms with Crippen molar-refractivity contribution < 1.29 is 9.59 Å². The minimum atomic E-state index is -0.397. The molecule has 1 aliphatic heterocycles. The van der Waals surface area contributed by atoms with Crippen molar-refractivity contribution in [1.82, 2.24) is 15.2 Å². The number of amides is 2. The van der Waals surface area contributed by atoms with E-state index in [-0.39, 0.29) is 16.7 Å². The normalized spacial score (nSPS) is 15.2. The molecule has 0 aliphatic carbocycles. The molecule has 1 aliphatic rings. The number of fused-ring (bicyclic) bond motifs is 1. The van der Waals surface area contributed by atoms with Gasteiger partial charge in [-0.3, -0.25) is 19.8 Å². The van der Waals surface area contributed by atoms with Crippen molar-refractivity contribution in [3.8, 4) is 0 Å². The van der Waals surface area contributed by atoms with Crippen LogP contribution >= 0.6 is 24.0 Å². The van der Waals surface area contributed by atoms with E-state index in [4.69, 9.17) is 17.2 Å². The van der Waals surface area contributed by atoms with Crippen LogP contribution in [0.1, 0.15) is 23.6 Å². The molecule has 1 saturated heterocycles. The average Bonchev–Trinajstić information content (AvgIpc) is 2.97. The summed E-state index contributed by atoms with van der Waals surface area (Å²) in [5.74, 6) is -0.715. The molecule has 2 amide bonds. The number of nitrogens with zero attached hydrogens (tertiary/aromatic N) is 2. The molecule has 4 rings (SSSR count). The highest BCUT2D eigenvalue weighted by Crippen LogP contribution is 2.33. The van der Waals surface area contributed by atoms with Crippen LogP contribution in [0.15, 0.2) is 64.1 Å². The van der Waals surface area contributed by atoms with Gasteiger partial charge >= 0.3 is 0 Å². The van der Waals surface area contributed by atoms with Crippen LogP contribution in [-0.2, 0) is 9.59 Å². The van der Waals surface area contributed by atoms with E-state index >= 15 is 0 Å². The fraction of sp³-hybridized carbons (Fsp3) is 0.130. The summed E-state index contributed by atoms with van der Waals surface area (Å²) in [6, 6.07) is 16.2. The molecule has 0 bridgehead atoms. The Labute approximate surface area is 184 Å². The van der Waals surface area contributed by atoms with Gasteiger partial charge in [0.05, 0.1) is 5.52 Å². The molecule has 1 aromatic heterocycles. The van der Waals surface area contributed by atoms with Gasteiger partial charge in [0.15, 0.2) is 5.11 Å². The number of carbonyl (C=O) groups excluding carboxylic acids is 2. The van der Waals surface area contributed by atoms with E-state index in [1.807, 2.05) is 62.4 Å². The van der Waals surface area contributed by atoms with Gasteiger partial charge in [0.2, 0.25) is 5.91 Å². The summed E-state index contributed by atoms with van der Waals surface area (Å²) in [6.07, 6.45) is 1.68. The van der Waals surface area contributed by atoms with Gasteiger partial charge in [-0.1, -0.05) is 41.1 Å². The van der Waals surface area contributed by atoms with Crippen molar-refractivity contribution in [2.45, 2.75) is 30.7 Å². The number of nitrogens with one attached hydrogen (secondary N) is 1. The van der Waals surface area contributed by atoms with Gasteiger partial charge in [0, 0.05) is 22.8 Å². The second kappa shape index (κ2) is 8.01. The smallest absolute Gasteiger partial charge is 0.274 e. The first-order valence-electron chi connectivity index (χ1n) is 9.35. The minimum Gasteiger partial charge on any atom is -0.297 e. The first kappa shape index (κ1) is 20.3. The number of pyridine rings is 1. The van der Waals surface area contributed by atoms with Gasteiger partial charge in [0.25, 0.3) is 5.91 Å². The Bertz CT molecular complexity index is 1230. The van der Waals surface area contributed by atoms with Crippen molar-refractivity contribution >= 4 is 57.9 Å². The standard InChI is InChI=1S/C23H19N3O2S2/c1-13-4-7-18(8-5-13)30-22-17(11-16-10-14(2)6-9-19(16)24-22)12-20-21(28)25-23(29)26(20)15(3)27/h4-12H,1-3H3,(H,25,28,29). The Kier molecular flexibility index (Phi) is 5.40. The van der Waals surface area contributed by atoms with Crippen molar-refractivity contribution in [2.75, 3.05) is 0 Å². The zero-order chi connectivity index (χ0) is 21.4. The van der Waals surface area contributed by atoms with E-state index < -0.39 is 5.91 Å². The van der Waals surface area contributed by atoms with Gasteiger partial charge in [0.1, 0.15) is 10.7 Å². The second-order valence-corrected chi connectivity index (χ2v) is 8.59. The molecule has 3 aromatic rings. The topological polar surface area (TPSA) is 62.3 Å². The van der Waals surface area contributed by atoms with Crippen LogP contribution in [-0.4, -0.2) is 26.8 Å². The molecule has 7 heteroatoms. The lowest BCUT2D eigenvalue weighted by Gasteiger charge is -2.14. The fourth-order valence-corrected chi connectivity index (χ4v) is 4.41. The third-order valence-electron chi connectivity index (χ3n) is 4.70. The van der Waals surface area contributed by atoms with Crippen molar-refractivity contribution in [3.63, 3.8) is 0 Å². The molecule has 0 spiro atoms. The summed E-state index contributed by atoms with van der Waals surface area (Å²) >= 11 is 6.66. The summed E-state index contributed by atoms with van der Waals surface area (Å²) in [4.78, 5) is 31.6. The van der Waals surface area contributed by atoms with E-state index in [2.05, 4.69) is 5.32 Å². The maximum absolute atomic E-state index is 12.4. The van der Waals surface area contributed by atoms with E-state index in [1.54, 1.807) is 6.08 Å². The largest absolute Gasteiger partial charge is 0.297 e. The second-order valence-electron chi connectivity index (χ2n) is 7.14. The van der Waals surface area contributed by atoms with Crippen LogP contribution in [0.2, 0.25) is 0 Å². The molecule has 150 valence electrons. The maximum atomic E-state index is 12.4. The van der Waals surface area contributed by atoms with E-state index in [0.29, 0.717) is 0 Å². The molecule has 0 unspecified atom stereocenters. The highest BCUT2D eigenvalue weighted by molar-refractivity contribution is 7.99. The lowest BCUT2D eigenvalue weighted by Crippen LogP contribution is -2.31. The number of benzene rings is 2. The number of thiocarbonyl (C=S) groups is 1. The molecule has 2 aromatic carbocycles. The monoisotopic (exact) mass is 433 g/mol. The molecule has 30 heavy (non-hydrogen) atoms. The molecule has 0 saturated carbocycles. The van der Waals surface area contributed by atoms with Gasteiger partial charge in [-0.05, 0) is 62.5 Å². The Morgan fingerprint density at radius 2 is 1.80 bits per heavy atom. The molecule has 1 fully saturated rings. The van der Waals surface area contributed by atoms with Gasteiger partial charge < -0.3 is 0 Å². The zero-order valence-electron chi connectivity index (χ0n) is 16.7. The fourth-order valence-electron chi connectivity index (χ4n) is 3.22. The molecule has 5 nitrogen and oxygen atoms in total. The highest BCUT2D eigenvalue weighted by Gasteiger charge is 2.33. The Morgan fingerprint density at radius 3 is 2.50 bits per heavy atom. The van der Waals surface area contributed by atoms with Crippen LogP contribution in [0.5, 0.6) is 0 Å². The first-order valence-corrected chi connectivity index (χ1v) is 10.6. The Morgan fingerprint density at radius 1 is 1.10 bits per heavy atom. The molecular formula is C23H19N3O2S2. The summed E-state index contributed by atoms with van der Waals surface area (Å²) < 4.78 is 0. The van der Waals surface area contributed by atoms with Gasteiger partial charge in [-0.25, -0.2) is 4.98 Å². The quantitative estimate of drug-likeness (QED) is 0.483. The van der Waals surface area contributed by atoms with Crippen LogP contribution in [0.4, 0.5) is 0 Å². The van der Waals surface area contributed by atoms with Crippen LogP contribution < -0.4 is 5.32 Å². The SMILES string of the molecule is CC(=O)N1C(=S)NC(=O)C1=Cc1cc2cc(C)ccc2nc1Sc1ccc(C)cc1. The summed E-state index contributed by atoms with van der Waals surface area (Å²) in [7, 11) is 0. The Hall–Kier alpha value is -3.03. The molecular weight excluding hydrogens is 414 g/mol. The lowest BCUT2D eigenvalue weighted by molar-refractivity contribution is -0.125. The molecule has 0 atom stereocenters. The van der Waals surface area contributed by atoms with E-state index in [1.165, 1.54) is 29.1 Å². The number of hydrogen-bond donors (Lipinski definition) is 1. The minimum absolute atomic E-state index is 0.0936. The van der Waals surface area contributed by atoms with E-state index in [9.17, 15) is 9.59 Å². The predicted octanol–water partition coefficient (Wildman–Crippen LogP) is 4.61. The van der Waals surface area contributed by atoms with Crippen LogP contribution in [0.25, 0.3) is 17.0 Å². The third-order valence-corrected chi connectivity index (χ3v) is 6.02. The van der Waals surface area contributed by atoms with Crippen molar-refractivity contribution in [3.05, 3.63) is 70.9 Å². The summed E-state index contributed by atoms with van der Waals surface area (Å²) in [5.41, 5.74) is 4.11. The predicted molar refractivity (Wildman–Crippen MR) is 123 cm³/mol. The lowest BCUT2D eigenvalue weighted by atomic mass is 10.1. The molecule has 1 N–H and O–H groups in total. The third kappa shape index (κ3) is 3.99. The average molecular weight is 434 g/mol. The molecule has 2 heterocycles. The zero-order valence-corrected chi connectivity index (χ0v) is 18.4. The van der Waals surface area contributed by atoms with E-state index in [0.717, 1.165) is 32.0 Å². The summed E-state index contributed by atoms with van der Waals surface area (Å²) in [5, 5.41) is 4.35. The summed E-state index contributed by atoms with van der Waals surface area (Å²) in [6.45, 7) is 5.44. The Balaban J connectivity index is 1.87. The van der Waals surface area contributed by atoms with Crippen molar-refractivity contribution in [1.29, 1.82) is 0 Å². The number of rotatable bonds is 3. The van der Waals surface area contributed by atoms with Crippen molar-refractivity contribution in [2.24, 2.45) is 0 Å². The van der Waals surface area contributed by atoms with Crippen LogP contribution in [0, 0.1) is 13.8 Å². The first-order chi connectivity index (χ1) is 14.3. The number of carbonyl (C=O) groups is 2.